The van der Waals surface area contributed by atoms with Gasteiger partial charge in [0.05, 0.1) is 0 Å². The molecule has 2 heteroatoms. The minimum Gasteiger partial charge on any atom is -0.312 e. The zero-order valence-corrected chi connectivity index (χ0v) is 5.61. The number of rotatable bonds is 0. The van der Waals surface area contributed by atoms with Crippen molar-refractivity contribution in [2.75, 3.05) is 6.50 Å². The van der Waals surface area contributed by atoms with E-state index in [4.69, 9.17) is 8.22 Å². The lowest BCUT2D eigenvalue weighted by molar-refractivity contribution is 0.606. The van der Waals surface area contributed by atoms with Gasteiger partial charge in [0.25, 0.3) is 0 Å². The number of hydrogen-bond donors (Lipinski definition) is 1. The number of benzene rings is 1. The highest BCUT2D eigenvalue weighted by atomic mass is 19.1. The second-order valence-electron chi connectivity index (χ2n) is 2.19. The summed E-state index contributed by atoms with van der Waals surface area (Å²) in [6.45, 7) is -4.85. The van der Waals surface area contributed by atoms with E-state index in [9.17, 15) is 4.39 Å². The Bertz CT molecular complexity index is 473. The number of fused-ring (bicyclic) bond motifs is 1. The molecule has 1 aliphatic heterocycles. The Kier molecular flexibility index (Phi) is 0.684. The van der Waals surface area contributed by atoms with Crippen molar-refractivity contribution in [1.29, 1.82) is 0 Å². The molecule has 0 spiro atoms. The third kappa shape index (κ3) is 1.26. The maximum Gasteiger partial charge on any atom is 0.123 e. The van der Waals surface area contributed by atoms with E-state index in [0.29, 0.717) is 0 Å². The van der Waals surface area contributed by atoms with Gasteiger partial charge in [-0.25, -0.2) is 4.39 Å². The van der Waals surface area contributed by atoms with Crippen LogP contribution in [0.2, 0.25) is 0 Å². The van der Waals surface area contributed by atoms with Gasteiger partial charge in [-0.1, -0.05) is 6.07 Å². The molecular weight excluding hydrogens is 141 g/mol. The number of aryl methyl sites for hydroxylation is 1. The Morgan fingerprint density at radius 1 is 1.45 bits per heavy atom. The maximum atomic E-state index is 13.1. The van der Waals surface area contributed by atoms with Crippen LogP contribution in [0.5, 0.6) is 0 Å². The molecule has 0 bridgehead atoms. The van der Waals surface area contributed by atoms with E-state index in [0.717, 1.165) is 18.2 Å². The Hall–Kier alpha value is -0.890. The highest BCUT2D eigenvalue weighted by Crippen LogP contribution is 2.14. The number of nitrogens with one attached hydrogen (secondary N) is 1. The second-order valence-corrected chi connectivity index (χ2v) is 2.19. The van der Waals surface area contributed by atoms with Crippen molar-refractivity contribution >= 4 is 0 Å². The summed E-state index contributed by atoms with van der Waals surface area (Å²) in [5.41, 5.74) is -0.384. The standard InChI is InChI=1S/C9H10FN/c10-9-2-1-8-6-11-4-3-7(8)5-9/h1-2,5,11H,3-4,6H2/i3D2,4D2,6D2. The van der Waals surface area contributed by atoms with E-state index in [-0.39, 0.29) is 11.1 Å². The Morgan fingerprint density at radius 2 is 2.36 bits per heavy atom. The van der Waals surface area contributed by atoms with Crippen LogP contribution in [-0.4, -0.2) is 6.50 Å². The summed E-state index contributed by atoms with van der Waals surface area (Å²) in [4.78, 5) is 0. The third-order valence-electron chi connectivity index (χ3n) is 1.44. The average molecular weight is 157 g/mol. The quantitative estimate of drug-likeness (QED) is 0.601. The van der Waals surface area contributed by atoms with Crippen LogP contribution in [0.3, 0.4) is 0 Å². The average Bonchev–Trinajstić information content (AvgIpc) is 2.13. The molecule has 0 amide bonds. The molecule has 0 aromatic heterocycles. The van der Waals surface area contributed by atoms with Gasteiger partial charge >= 0.3 is 0 Å². The van der Waals surface area contributed by atoms with Gasteiger partial charge in [-0.3, -0.25) is 0 Å². The van der Waals surface area contributed by atoms with Crippen molar-refractivity contribution < 1.29 is 12.6 Å². The summed E-state index contributed by atoms with van der Waals surface area (Å²) in [5.74, 6) is -0.721. The van der Waals surface area contributed by atoms with Gasteiger partial charge in [0.15, 0.2) is 0 Å². The van der Waals surface area contributed by atoms with Crippen LogP contribution in [0, 0.1) is 5.82 Å². The van der Waals surface area contributed by atoms with Gasteiger partial charge < -0.3 is 5.32 Å². The molecule has 58 valence electrons. The zero-order valence-electron chi connectivity index (χ0n) is 11.6. The van der Waals surface area contributed by atoms with E-state index in [1.54, 1.807) is 0 Å². The molecule has 1 N–H and O–H groups in total. The smallest absolute Gasteiger partial charge is 0.123 e. The van der Waals surface area contributed by atoms with E-state index in [2.05, 4.69) is 0 Å². The molecule has 0 unspecified atom stereocenters. The van der Waals surface area contributed by atoms with Crippen LogP contribution in [0.4, 0.5) is 4.39 Å². The van der Waals surface area contributed by atoms with Crippen molar-refractivity contribution in [2.24, 2.45) is 0 Å². The van der Waals surface area contributed by atoms with Crippen molar-refractivity contribution in [1.82, 2.24) is 5.32 Å². The molecule has 1 aromatic carbocycles. The summed E-state index contributed by atoms with van der Waals surface area (Å²) in [5, 5.41) is 1.97. The van der Waals surface area contributed by atoms with Crippen LogP contribution in [0.1, 0.15) is 19.4 Å². The zero-order chi connectivity index (χ0) is 13.1. The topological polar surface area (TPSA) is 12.0 Å². The van der Waals surface area contributed by atoms with Gasteiger partial charge in [-0.15, -0.1) is 0 Å². The van der Waals surface area contributed by atoms with Gasteiger partial charge in [-0.05, 0) is 36.1 Å². The number of hydrogen-bond acceptors (Lipinski definition) is 1. The first-order valence-electron chi connectivity index (χ1n) is 6.18. The Balaban J connectivity index is 2.74. The summed E-state index contributed by atoms with van der Waals surface area (Å²) in [6.07, 6.45) is -2.50. The highest BCUT2D eigenvalue weighted by molar-refractivity contribution is 5.29. The van der Waals surface area contributed by atoms with Crippen molar-refractivity contribution in [2.45, 2.75) is 12.9 Å². The fraction of sp³-hybridized carbons (Fsp3) is 0.333. The first-order chi connectivity index (χ1) is 7.58. The van der Waals surface area contributed by atoms with Crippen molar-refractivity contribution in [3.8, 4) is 0 Å². The Morgan fingerprint density at radius 3 is 3.27 bits per heavy atom. The van der Waals surface area contributed by atoms with Crippen LogP contribution in [0.25, 0.3) is 0 Å². The number of halogens is 1. The molecule has 11 heavy (non-hydrogen) atoms. The molecule has 0 fully saturated rings. The lowest BCUT2D eigenvalue weighted by Crippen LogP contribution is -2.23. The molecule has 1 aromatic rings. The molecule has 0 aliphatic carbocycles. The van der Waals surface area contributed by atoms with Crippen molar-refractivity contribution in [3.63, 3.8) is 0 Å². The first kappa shape index (κ1) is 2.87. The summed E-state index contributed by atoms with van der Waals surface area (Å²) >= 11 is 0. The molecule has 1 heterocycles. The molecule has 0 saturated carbocycles. The van der Waals surface area contributed by atoms with Gasteiger partial charge in [0, 0.05) is 14.7 Å². The lowest BCUT2D eigenvalue weighted by atomic mass is 10.0. The first-order valence-corrected chi connectivity index (χ1v) is 3.18. The molecule has 1 aliphatic rings. The summed E-state index contributed by atoms with van der Waals surface area (Å²) in [6, 6.07) is 2.99. The normalized spacial score (nSPS) is 37.9. The summed E-state index contributed by atoms with van der Waals surface area (Å²) in [7, 11) is 0. The van der Waals surface area contributed by atoms with Crippen LogP contribution in [-0.2, 0) is 12.9 Å². The molecule has 0 saturated heterocycles. The van der Waals surface area contributed by atoms with Crippen LogP contribution >= 0.6 is 0 Å². The van der Waals surface area contributed by atoms with Gasteiger partial charge in [-0.2, -0.15) is 0 Å². The minimum atomic E-state index is -2.61. The van der Waals surface area contributed by atoms with Crippen LogP contribution < -0.4 is 5.32 Å². The molecule has 2 rings (SSSR count). The predicted octanol–water partition coefficient (Wildman–Crippen LogP) is 1.47. The van der Waals surface area contributed by atoms with E-state index in [1.807, 2.05) is 5.32 Å². The highest BCUT2D eigenvalue weighted by Gasteiger charge is 2.07. The van der Waals surface area contributed by atoms with Gasteiger partial charge in [0.2, 0.25) is 0 Å². The summed E-state index contributed by atoms with van der Waals surface area (Å²) < 4.78 is 58.8. The van der Waals surface area contributed by atoms with E-state index < -0.39 is 25.2 Å². The molecule has 1 nitrogen and oxygen atoms in total. The monoisotopic (exact) mass is 157 g/mol. The third-order valence-corrected chi connectivity index (χ3v) is 1.44. The minimum absolute atomic E-state index is 0.0842. The maximum absolute atomic E-state index is 13.1. The Labute approximate surface area is 73.7 Å². The fourth-order valence-electron chi connectivity index (χ4n) is 0.926. The molecule has 0 radical (unpaired) electrons. The predicted molar refractivity (Wildman–Crippen MR) is 41.8 cm³/mol. The van der Waals surface area contributed by atoms with Crippen LogP contribution in [0.15, 0.2) is 18.2 Å². The fourth-order valence-corrected chi connectivity index (χ4v) is 0.926. The van der Waals surface area contributed by atoms with Crippen molar-refractivity contribution in [3.05, 3.63) is 35.1 Å². The molecule has 0 atom stereocenters. The second kappa shape index (κ2) is 2.62. The van der Waals surface area contributed by atoms with E-state index >= 15 is 0 Å². The molecular formula is C9H10FN. The SMILES string of the molecule is [2H]C1([2H])NC([2H])([2H])C([2H])([2H])c2cc(F)ccc21. The lowest BCUT2D eigenvalue weighted by Gasteiger charge is -2.16. The largest absolute Gasteiger partial charge is 0.312 e. The van der Waals surface area contributed by atoms with E-state index in [1.165, 1.54) is 0 Å². The van der Waals surface area contributed by atoms with Gasteiger partial charge in [0.1, 0.15) is 5.82 Å².